The minimum absolute atomic E-state index is 0.0848. The highest BCUT2D eigenvalue weighted by atomic mass is 79.9. The number of amides is 1. The van der Waals surface area contributed by atoms with Crippen molar-refractivity contribution >= 4 is 33.9 Å². The summed E-state index contributed by atoms with van der Waals surface area (Å²) in [6, 6.07) is 5.21. The number of hydrogen-bond acceptors (Lipinski definition) is 3. The molecule has 1 unspecified atom stereocenters. The Balaban J connectivity index is 2.11. The molecule has 21 heavy (non-hydrogen) atoms. The molecule has 1 heterocycles. The van der Waals surface area contributed by atoms with Gasteiger partial charge in [-0.15, -0.1) is 0 Å². The lowest BCUT2D eigenvalue weighted by Crippen LogP contribution is -2.38. The van der Waals surface area contributed by atoms with Crippen molar-refractivity contribution in [1.29, 1.82) is 0 Å². The van der Waals surface area contributed by atoms with Crippen molar-refractivity contribution in [3.8, 4) is 5.75 Å². The maximum Gasteiger partial charge on any atom is 0.305 e. The molecule has 0 radical (unpaired) electrons. The van der Waals surface area contributed by atoms with Crippen LogP contribution >= 0.6 is 15.9 Å². The fourth-order valence-electron chi connectivity index (χ4n) is 2.07. The first-order chi connectivity index (χ1) is 9.99. The molecule has 0 aromatic heterocycles. The average Bonchev–Trinajstić information content (AvgIpc) is 2.45. The van der Waals surface area contributed by atoms with Gasteiger partial charge in [-0.2, -0.15) is 0 Å². The monoisotopic (exact) mass is 353 g/mol. The summed E-state index contributed by atoms with van der Waals surface area (Å²) in [6.45, 7) is 2.02. The van der Waals surface area contributed by atoms with Crippen molar-refractivity contribution in [3.05, 3.63) is 33.8 Å². The Morgan fingerprint density at radius 1 is 1.48 bits per heavy atom. The highest BCUT2D eigenvalue weighted by Gasteiger charge is 2.20. The van der Waals surface area contributed by atoms with Crippen LogP contribution in [0.3, 0.4) is 0 Å². The number of fused-ring (bicyclic) bond motifs is 1. The van der Waals surface area contributed by atoms with Gasteiger partial charge in [-0.1, -0.05) is 22.9 Å². The molecule has 6 heteroatoms. The first-order valence-electron chi connectivity index (χ1n) is 6.65. The predicted octanol–water partition coefficient (Wildman–Crippen LogP) is 2.59. The molecule has 0 aliphatic carbocycles. The highest BCUT2D eigenvalue weighted by Crippen LogP contribution is 2.29. The minimum atomic E-state index is -0.926. The number of halogens is 1. The zero-order valence-electron chi connectivity index (χ0n) is 11.6. The van der Waals surface area contributed by atoms with E-state index in [1.165, 1.54) is 0 Å². The van der Waals surface area contributed by atoms with Crippen molar-refractivity contribution in [2.75, 3.05) is 6.61 Å². The second-order valence-electron chi connectivity index (χ2n) is 4.82. The number of benzene rings is 1. The van der Waals surface area contributed by atoms with E-state index in [2.05, 4.69) is 21.2 Å². The van der Waals surface area contributed by atoms with Gasteiger partial charge in [-0.3, -0.25) is 9.59 Å². The van der Waals surface area contributed by atoms with Crippen LogP contribution in [-0.2, 0) is 9.59 Å². The van der Waals surface area contributed by atoms with E-state index in [0.717, 1.165) is 15.8 Å². The second-order valence-corrected chi connectivity index (χ2v) is 5.73. The number of carbonyl (C=O) groups excluding carboxylic acids is 1. The fraction of sp³-hybridized carbons (Fsp3) is 0.333. The maximum atomic E-state index is 12.2. The first kappa shape index (κ1) is 15.6. The molecule has 0 spiro atoms. The molecule has 1 aromatic rings. The van der Waals surface area contributed by atoms with E-state index in [-0.39, 0.29) is 25.0 Å². The molecule has 2 rings (SSSR count). The third-order valence-corrected chi connectivity index (χ3v) is 3.72. The van der Waals surface area contributed by atoms with Crippen molar-refractivity contribution in [1.82, 2.24) is 5.32 Å². The summed E-state index contributed by atoms with van der Waals surface area (Å²) >= 11 is 3.38. The molecule has 112 valence electrons. The summed E-state index contributed by atoms with van der Waals surface area (Å²) in [5.41, 5.74) is 1.32. The molecule has 2 N–H and O–H groups in total. The molecule has 0 fully saturated rings. The Hall–Kier alpha value is -1.82. The van der Waals surface area contributed by atoms with Crippen LogP contribution in [0.5, 0.6) is 5.75 Å². The van der Waals surface area contributed by atoms with E-state index < -0.39 is 5.97 Å². The van der Waals surface area contributed by atoms with Gasteiger partial charge in [-0.05, 0) is 30.7 Å². The van der Waals surface area contributed by atoms with Crippen molar-refractivity contribution in [2.24, 2.45) is 0 Å². The molecule has 0 bridgehead atoms. The number of carboxylic acids is 1. The molecule has 0 saturated carbocycles. The van der Waals surface area contributed by atoms with E-state index in [9.17, 15) is 9.59 Å². The van der Waals surface area contributed by atoms with Crippen molar-refractivity contribution < 1.29 is 19.4 Å². The summed E-state index contributed by atoms with van der Waals surface area (Å²) in [5, 5.41) is 11.5. The minimum Gasteiger partial charge on any atom is -0.488 e. The van der Waals surface area contributed by atoms with Crippen LogP contribution in [0, 0.1) is 0 Å². The summed E-state index contributed by atoms with van der Waals surface area (Å²) in [5.74, 6) is -0.480. The van der Waals surface area contributed by atoms with Gasteiger partial charge in [0.05, 0.1) is 12.0 Å². The van der Waals surface area contributed by atoms with Gasteiger partial charge >= 0.3 is 5.97 Å². The molecule has 0 saturated heterocycles. The standard InChI is InChI=1S/C15H16BrNO4/c1-2-12(7-14(18)19)17-15(20)10-5-9-6-11(16)3-4-13(9)21-8-10/h3-6,12H,2,7-8H2,1H3,(H,17,20)(H,18,19). The first-order valence-corrected chi connectivity index (χ1v) is 7.44. The number of ether oxygens (including phenoxy) is 1. The van der Waals surface area contributed by atoms with Gasteiger partial charge in [0.1, 0.15) is 12.4 Å². The average molecular weight is 354 g/mol. The SMILES string of the molecule is CCC(CC(=O)O)NC(=O)C1=Cc2cc(Br)ccc2OC1. The normalized spacial score (nSPS) is 14.5. The zero-order valence-corrected chi connectivity index (χ0v) is 13.1. The van der Waals surface area contributed by atoms with Crippen LogP contribution in [-0.4, -0.2) is 29.6 Å². The lowest BCUT2D eigenvalue weighted by atomic mass is 10.1. The summed E-state index contributed by atoms with van der Waals surface area (Å²) < 4.78 is 6.45. The van der Waals surface area contributed by atoms with Gasteiger partial charge in [0.2, 0.25) is 0 Å². The number of carboxylic acid groups (broad SMARTS) is 1. The number of nitrogens with one attached hydrogen (secondary N) is 1. The maximum absolute atomic E-state index is 12.2. The van der Waals surface area contributed by atoms with E-state index in [1.807, 2.05) is 25.1 Å². The molecule has 5 nitrogen and oxygen atoms in total. The highest BCUT2D eigenvalue weighted by molar-refractivity contribution is 9.10. The van der Waals surface area contributed by atoms with Crippen LogP contribution in [0.15, 0.2) is 28.2 Å². The largest absolute Gasteiger partial charge is 0.488 e. The molecule has 1 atom stereocenters. The number of carbonyl (C=O) groups is 2. The zero-order chi connectivity index (χ0) is 15.4. The summed E-state index contributed by atoms with van der Waals surface area (Å²) in [4.78, 5) is 22.9. The van der Waals surface area contributed by atoms with Crippen LogP contribution < -0.4 is 10.1 Å². The van der Waals surface area contributed by atoms with Gasteiger partial charge in [0, 0.05) is 16.1 Å². The van der Waals surface area contributed by atoms with E-state index in [4.69, 9.17) is 9.84 Å². The number of hydrogen-bond donors (Lipinski definition) is 2. The van der Waals surface area contributed by atoms with Gasteiger partial charge in [-0.25, -0.2) is 0 Å². The van der Waals surface area contributed by atoms with Crippen molar-refractivity contribution in [3.63, 3.8) is 0 Å². The Kier molecular flexibility index (Phi) is 5.01. The molecule has 1 aromatic carbocycles. The van der Waals surface area contributed by atoms with E-state index >= 15 is 0 Å². The molecule has 1 amide bonds. The summed E-state index contributed by atoms with van der Waals surface area (Å²) in [7, 11) is 0. The summed E-state index contributed by atoms with van der Waals surface area (Å²) in [6.07, 6.45) is 2.25. The smallest absolute Gasteiger partial charge is 0.305 e. The van der Waals surface area contributed by atoms with Gasteiger partial charge in [0.15, 0.2) is 0 Å². The third kappa shape index (κ3) is 4.07. The quantitative estimate of drug-likeness (QED) is 0.852. The second kappa shape index (κ2) is 6.76. The lowest BCUT2D eigenvalue weighted by molar-refractivity contribution is -0.137. The lowest BCUT2D eigenvalue weighted by Gasteiger charge is -2.20. The molecular weight excluding hydrogens is 338 g/mol. The Labute approximate surface area is 131 Å². The Bertz CT molecular complexity index is 597. The molecular formula is C15H16BrNO4. The van der Waals surface area contributed by atoms with Gasteiger partial charge in [0.25, 0.3) is 5.91 Å². The van der Waals surface area contributed by atoms with E-state index in [1.54, 1.807) is 6.08 Å². The third-order valence-electron chi connectivity index (χ3n) is 3.23. The topological polar surface area (TPSA) is 75.6 Å². The number of aliphatic carboxylic acids is 1. The molecule has 1 aliphatic rings. The van der Waals surface area contributed by atoms with E-state index in [0.29, 0.717) is 12.0 Å². The van der Waals surface area contributed by atoms with Crippen LogP contribution in [0.1, 0.15) is 25.3 Å². The predicted molar refractivity (Wildman–Crippen MR) is 82.1 cm³/mol. The number of rotatable bonds is 5. The van der Waals surface area contributed by atoms with Crippen LogP contribution in [0.2, 0.25) is 0 Å². The van der Waals surface area contributed by atoms with Crippen molar-refractivity contribution in [2.45, 2.75) is 25.8 Å². The van der Waals surface area contributed by atoms with Crippen LogP contribution in [0.25, 0.3) is 6.08 Å². The molecule has 1 aliphatic heterocycles. The van der Waals surface area contributed by atoms with Gasteiger partial charge < -0.3 is 15.2 Å². The Morgan fingerprint density at radius 2 is 2.24 bits per heavy atom. The fourth-order valence-corrected chi connectivity index (χ4v) is 2.44. The van der Waals surface area contributed by atoms with Crippen LogP contribution in [0.4, 0.5) is 0 Å². The Morgan fingerprint density at radius 3 is 2.90 bits per heavy atom.